The van der Waals surface area contributed by atoms with Crippen molar-refractivity contribution in [3.8, 4) is 0 Å². The van der Waals surface area contributed by atoms with Gasteiger partial charge in [0.15, 0.2) is 0 Å². The van der Waals surface area contributed by atoms with E-state index in [0.29, 0.717) is 0 Å². The van der Waals surface area contributed by atoms with Crippen molar-refractivity contribution in [1.29, 1.82) is 0 Å². The lowest BCUT2D eigenvalue weighted by Crippen LogP contribution is -2.24. The van der Waals surface area contributed by atoms with Gasteiger partial charge >= 0.3 is 0 Å². The van der Waals surface area contributed by atoms with Crippen LogP contribution in [-0.2, 0) is 0 Å². The molecule has 0 aliphatic rings. The summed E-state index contributed by atoms with van der Waals surface area (Å²) in [5, 5.41) is 0. The van der Waals surface area contributed by atoms with Crippen molar-refractivity contribution in [1.82, 2.24) is 0 Å². The molecule has 0 amide bonds. The fourth-order valence-electron chi connectivity index (χ4n) is 1.38. The molecule has 0 N–H and O–H groups in total. The van der Waals surface area contributed by atoms with E-state index in [4.69, 9.17) is 0 Å². The Kier molecular flexibility index (Phi) is 5.66. The molecule has 0 fully saturated rings. The number of rotatable bonds is 5. The minimum atomic E-state index is -0.738. The van der Waals surface area contributed by atoms with Crippen molar-refractivity contribution in [2.75, 3.05) is 6.16 Å². The summed E-state index contributed by atoms with van der Waals surface area (Å²) < 4.78 is 0. The monoisotopic (exact) mass is 176 g/mol. The lowest BCUT2D eigenvalue weighted by Gasteiger charge is -2.20. The Bertz CT molecular complexity index is 81.3. The van der Waals surface area contributed by atoms with E-state index >= 15 is 0 Å². The summed E-state index contributed by atoms with van der Waals surface area (Å²) in [6.07, 6.45) is 4.10. The summed E-state index contributed by atoms with van der Waals surface area (Å²) in [5.74, 6) is 0. The summed E-state index contributed by atoms with van der Waals surface area (Å²) >= 11 is 0. The molecule has 0 saturated heterocycles. The van der Waals surface area contributed by atoms with Crippen molar-refractivity contribution in [2.45, 2.75) is 44.9 Å². The highest BCUT2D eigenvalue weighted by molar-refractivity contribution is 7.16. The Morgan fingerprint density at radius 1 is 1.20 bits per heavy atom. The van der Waals surface area contributed by atoms with Gasteiger partial charge in [-0.3, -0.25) is 0 Å². The van der Waals surface area contributed by atoms with Gasteiger partial charge in [0.2, 0.25) is 0 Å². The Morgan fingerprint density at radius 3 is 2.20 bits per heavy atom. The summed E-state index contributed by atoms with van der Waals surface area (Å²) in [5.41, 5.74) is 0. The maximum atomic E-state index is 2.82. The van der Waals surface area contributed by atoms with Crippen LogP contribution >= 0.6 is 9.24 Å². The highest BCUT2D eigenvalue weighted by atomic mass is 31.0. The molecule has 0 aliphatic heterocycles. The van der Waals surface area contributed by atoms with Crippen molar-refractivity contribution in [3.05, 3.63) is 0 Å². The quantitative estimate of drug-likeness (QED) is 0.445. The average molecular weight is 176 g/mol. The fraction of sp³-hybridized carbons (Fsp3) is 1.00. The maximum Gasteiger partial charge on any atom is 0.0473 e. The van der Waals surface area contributed by atoms with Crippen molar-refractivity contribution >= 4 is 17.3 Å². The first kappa shape index (κ1) is 10.6. The Hall–Kier alpha value is 0.647. The van der Waals surface area contributed by atoms with Gasteiger partial charge in [-0.2, -0.15) is 0 Å². The molecule has 0 spiro atoms. The van der Waals surface area contributed by atoms with Gasteiger partial charge in [0, 0.05) is 8.07 Å². The average Bonchev–Trinajstić information content (AvgIpc) is 1.84. The molecular formula is C8H21PSi. The standard InChI is InChI=1S/C8H21PSi/c1-4-7-10(2,3)8-5-6-9/h4-9H2,1-3H3. The first-order valence-electron chi connectivity index (χ1n) is 4.32. The third kappa shape index (κ3) is 5.43. The minimum absolute atomic E-state index is 0.738. The minimum Gasteiger partial charge on any atom is -0.138 e. The molecule has 0 heterocycles. The Morgan fingerprint density at radius 2 is 1.80 bits per heavy atom. The SMILES string of the molecule is CCC[Si](C)(C)CCCP. The van der Waals surface area contributed by atoms with E-state index in [1.54, 1.807) is 0 Å². The lowest BCUT2D eigenvalue weighted by atomic mass is 10.6. The molecule has 0 aromatic rings. The molecule has 0 aromatic heterocycles. The van der Waals surface area contributed by atoms with E-state index < -0.39 is 8.07 Å². The molecule has 0 bridgehead atoms. The molecule has 10 heavy (non-hydrogen) atoms. The van der Waals surface area contributed by atoms with Gasteiger partial charge in [0.25, 0.3) is 0 Å². The van der Waals surface area contributed by atoms with Crippen LogP contribution in [0.15, 0.2) is 0 Å². The molecule has 0 radical (unpaired) electrons. The van der Waals surface area contributed by atoms with Crippen LogP contribution in [0.25, 0.3) is 0 Å². The normalized spacial score (nSPS) is 12.0. The highest BCUT2D eigenvalue weighted by Gasteiger charge is 2.17. The third-order valence-electron chi connectivity index (χ3n) is 1.98. The molecule has 0 nitrogen and oxygen atoms in total. The summed E-state index contributed by atoms with van der Waals surface area (Å²) in [4.78, 5) is 0. The van der Waals surface area contributed by atoms with Gasteiger partial charge in [-0.1, -0.05) is 44.9 Å². The third-order valence-corrected chi connectivity index (χ3v) is 5.95. The van der Waals surface area contributed by atoms with Crippen LogP contribution in [0.1, 0.15) is 19.8 Å². The Balaban J connectivity index is 3.42. The molecular weight excluding hydrogens is 155 g/mol. The zero-order valence-electron chi connectivity index (χ0n) is 7.61. The van der Waals surface area contributed by atoms with Crippen molar-refractivity contribution in [3.63, 3.8) is 0 Å². The zero-order chi connectivity index (χ0) is 8.04. The topological polar surface area (TPSA) is 0 Å². The van der Waals surface area contributed by atoms with E-state index in [-0.39, 0.29) is 0 Å². The smallest absolute Gasteiger partial charge is 0.0473 e. The fourth-order valence-corrected chi connectivity index (χ4v) is 4.76. The maximum absolute atomic E-state index is 2.82. The van der Waals surface area contributed by atoms with Gasteiger partial charge in [0.05, 0.1) is 0 Å². The summed E-state index contributed by atoms with van der Waals surface area (Å²) in [6, 6.07) is 3.03. The van der Waals surface area contributed by atoms with Crippen LogP contribution in [0.4, 0.5) is 0 Å². The van der Waals surface area contributed by atoms with Gasteiger partial charge in [-0.15, -0.1) is 9.24 Å². The second-order valence-corrected chi connectivity index (χ2v) is 9.71. The molecule has 0 rings (SSSR count). The summed E-state index contributed by atoms with van der Waals surface area (Å²) in [6.45, 7) is 7.32. The second kappa shape index (κ2) is 5.32. The largest absolute Gasteiger partial charge is 0.138 e. The predicted molar refractivity (Wildman–Crippen MR) is 56.6 cm³/mol. The van der Waals surface area contributed by atoms with E-state index in [2.05, 4.69) is 29.3 Å². The van der Waals surface area contributed by atoms with Crippen LogP contribution < -0.4 is 0 Å². The van der Waals surface area contributed by atoms with Crippen molar-refractivity contribution < 1.29 is 0 Å². The lowest BCUT2D eigenvalue weighted by molar-refractivity contribution is 0.989. The first-order valence-corrected chi connectivity index (χ1v) is 8.55. The van der Waals surface area contributed by atoms with Crippen molar-refractivity contribution in [2.24, 2.45) is 0 Å². The van der Waals surface area contributed by atoms with Gasteiger partial charge < -0.3 is 0 Å². The van der Waals surface area contributed by atoms with Crippen LogP contribution in [0.2, 0.25) is 25.2 Å². The summed E-state index contributed by atoms with van der Waals surface area (Å²) in [7, 11) is 2.08. The second-order valence-electron chi connectivity index (χ2n) is 3.81. The zero-order valence-corrected chi connectivity index (χ0v) is 9.77. The predicted octanol–water partition coefficient (Wildman–Crippen LogP) is 3.37. The van der Waals surface area contributed by atoms with E-state index in [1.807, 2.05) is 0 Å². The van der Waals surface area contributed by atoms with Crippen LogP contribution in [0.3, 0.4) is 0 Å². The van der Waals surface area contributed by atoms with E-state index in [1.165, 1.54) is 31.1 Å². The Labute approximate surface area is 69.0 Å². The molecule has 2 heteroatoms. The molecule has 62 valence electrons. The van der Waals surface area contributed by atoms with Gasteiger partial charge in [-0.05, 0) is 6.16 Å². The number of hydrogen-bond donors (Lipinski definition) is 0. The highest BCUT2D eigenvalue weighted by Crippen LogP contribution is 2.19. The molecule has 0 aromatic carbocycles. The van der Waals surface area contributed by atoms with Gasteiger partial charge in [0.1, 0.15) is 0 Å². The van der Waals surface area contributed by atoms with Gasteiger partial charge in [-0.25, -0.2) is 0 Å². The van der Waals surface area contributed by atoms with E-state index in [9.17, 15) is 0 Å². The molecule has 1 unspecified atom stereocenters. The molecule has 0 aliphatic carbocycles. The van der Waals surface area contributed by atoms with Crippen LogP contribution in [-0.4, -0.2) is 14.2 Å². The van der Waals surface area contributed by atoms with Crippen LogP contribution in [0, 0.1) is 0 Å². The first-order chi connectivity index (χ1) is 4.62. The number of hydrogen-bond acceptors (Lipinski definition) is 0. The van der Waals surface area contributed by atoms with Crippen LogP contribution in [0.5, 0.6) is 0 Å². The molecule has 1 atom stereocenters. The van der Waals surface area contributed by atoms with E-state index in [0.717, 1.165) is 0 Å². The molecule has 0 saturated carbocycles.